The number of carbonyl (C=O) groups excluding carboxylic acids is 1. The summed E-state index contributed by atoms with van der Waals surface area (Å²) in [6.07, 6.45) is 0.317. The van der Waals surface area contributed by atoms with Crippen LogP contribution in [0.3, 0.4) is 0 Å². The highest BCUT2D eigenvalue weighted by Crippen LogP contribution is 2.18. The SMILES string of the molecule is CNCCN(C)C(=O)Cc1csc(COc2ccc(Cl)cc2)n1.Cl.Cl. The van der Waals surface area contributed by atoms with Crippen LogP contribution in [-0.4, -0.2) is 43.0 Å². The van der Waals surface area contributed by atoms with Crippen LogP contribution in [0.15, 0.2) is 29.6 Å². The molecule has 0 bridgehead atoms. The summed E-state index contributed by atoms with van der Waals surface area (Å²) < 4.78 is 5.65. The predicted octanol–water partition coefficient (Wildman–Crippen LogP) is 3.44. The van der Waals surface area contributed by atoms with Gasteiger partial charge in [-0.05, 0) is 31.3 Å². The van der Waals surface area contributed by atoms with Gasteiger partial charge in [-0.2, -0.15) is 0 Å². The molecular formula is C16H22Cl3N3O2S. The number of ether oxygens (including phenoxy) is 1. The molecule has 1 aromatic heterocycles. The molecule has 140 valence electrons. The van der Waals surface area contributed by atoms with E-state index in [1.165, 1.54) is 11.3 Å². The first-order valence-corrected chi connectivity index (χ1v) is 8.54. The molecule has 1 heterocycles. The van der Waals surface area contributed by atoms with Gasteiger partial charge in [0.2, 0.25) is 5.91 Å². The van der Waals surface area contributed by atoms with E-state index in [0.29, 0.717) is 24.6 Å². The quantitative estimate of drug-likeness (QED) is 0.702. The predicted molar refractivity (Wildman–Crippen MR) is 108 cm³/mol. The van der Waals surface area contributed by atoms with Crippen LogP contribution in [0.5, 0.6) is 5.75 Å². The van der Waals surface area contributed by atoms with E-state index in [0.717, 1.165) is 23.0 Å². The van der Waals surface area contributed by atoms with Crippen molar-refractivity contribution in [1.82, 2.24) is 15.2 Å². The molecule has 1 amide bonds. The van der Waals surface area contributed by atoms with Gasteiger partial charge in [0.15, 0.2) is 0 Å². The molecule has 0 saturated heterocycles. The zero-order chi connectivity index (χ0) is 16.7. The zero-order valence-corrected chi connectivity index (χ0v) is 17.2. The van der Waals surface area contributed by atoms with Crippen molar-refractivity contribution in [3.8, 4) is 5.75 Å². The number of hydrogen-bond acceptors (Lipinski definition) is 5. The van der Waals surface area contributed by atoms with E-state index in [9.17, 15) is 4.79 Å². The Morgan fingerprint density at radius 2 is 2.00 bits per heavy atom. The summed E-state index contributed by atoms with van der Waals surface area (Å²) in [7, 11) is 3.67. The minimum absolute atomic E-state index is 0. The van der Waals surface area contributed by atoms with Crippen LogP contribution in [0.1, 0.15) is 10.7 Å². The molecule has 0 unspecified atom stereocenters. The summed E-state index contributed by atoms with van der Waals surface area (Å²) in [5.41, 5.74) is 0.783. The fraction of sp³-hybridized carbons (Fsp3) is 0.375. The Bertz CT molecular complexity index is 638. The van der Waals surface area contributed by atoms with E-state index in [4.69, 9.17) is 16.3 Å². The minimum atomic E-state index is 0. The van der Waals surface area contributed by atoms with E-state index in [-0.39, 0.29) is 30.7 Å². The number of hydrogen-bond donors (Lipinski definition) is 1. The summed E-state index contributed by atoms with van der Waals surface area (Å²) in [5.74, 6) is 0.810. The summed E-state index contributed by atoms with van der Waals surface area (Å²) in [5, 5.41) is 6.46. The number of benzene rings is 1. The third-order valence-electron chi connectivity index (χ3n) is 3.23. The number of nitrogens with one attached hydrogen (secondary N) is 1. The number of halogens is 3. The van der Waals surface area contributed by atoms with Gasteiger partial charge in [-0.25, -0.2) is 4.98 Å². The molecule has 0 aliphatic heterocycles. The van der Waals surface area contributed by atoms with E-state index in [2.05, 4.69) is 10.3 Å². The van der Waals surface area contributed by atoms with Crippen molar-refractivity contribution in [2.24, 2.45) is 0 Å². The van der Waals surface area contributed by atoms with Crippen molar-refractivity contribution in [2.75, 3.05) is 27.2 Å². The van der Waals surface area contributed by atoms with Crippen molar-refractivity contribution in [3.63, 3.8) is 0 Å². The molecular weight excluding hydrogens is 405 g/mol. The van der Waals surface area contributed by atoms with Crippen LogP contribution in [0.2, 0.25) is 5.02 Å². The van der Waals surface area contributed by atoms with Gasteiger partial charge in [-0.15, -0.1) is 36.2 Å². The summed E-state index contributed by atoms with van der Waals surface area (Å²) in [4.78, 5) is 18.2. The van der Waals surface area contributed by atoms with E-state index < -0.39 is 0 Å². The molecule has 0 atom stereocenters. The number of likely N-dealkylation sites (N-methyl/N-ethyl adjacent to an activating group) is 2. The van der Waals surface area contributed by atoms with Crippen LogP contribution in [-0.2, 0) is 17.8 Å². The molecule has 0 aliphatic carbocycles. The van der Waals surface area contributed by atoms with E-state index in [1.807, 2.05) is 24.6 Å². The normalized spacial score (nSPS) is 9.72. The Morgan fingerprint density at radius 3 is 2.64 bits per heavy atom. The van der Waals surface area contributed by atoms with Crippen molar-refractivity contribution >= 4 is 53.7 Å². The third-order valence-corrected chi connectivity index (χ3v) is 4.35. The van der Waals surface area contributed by atoms with Gasteiger partial charge in [0.05, 0.1) is 12.1 Å². The largest absolute Gasteiger partial charge is 0.486 e. The van der Waals surface area contributed by atoms with Crippen LogP contribution < -0.4 is 10.1 Å². The first kappa shape index (κ1) is 23.9. The molecule has 25 heavy (non-hydrogen) atoms. The van der Waals surface area contributed by atoms with Crippen molar-refractivity contribution in [3.05, 3.63) is 45.4 Å². The summed E-state index contributed by atoms with van der Waals surface area (Å²) in [6.45, 7) is 1.85. The Balaban J connectivity index is 0.00000288. The fourth-order valence-electron chi connectivity index (χ4n) is 1.87. The molecule has 0 aliphatic rings. The smallest absolute Gasteiger partial charge is 0.228 e. The molecule has 2 aromatic rings. The molecule has 0 radical (unpaired) electrons. The Kier molecular flexibility index (Phi) is 11.8. The van der Waals surface area contributed by atoms with Gasteiger partial charge in [0.25, 0.3) is 0 Å². The molecule has 9 heteroatoms. The number of thiazole rings is 1. The maximum Gasteiger partial charge on any atom is 0.228 e. The number of aromatic nitrogens is 1. The standard InChI is InChI=1S/C16H20ClN3O2S.2ClH/c1-18-7-8-20(2)16(21)9-13-11-23-15(19-13)10-22-14-5-3-12(17)4-6-14;;/h3-6,11,18H,7-10H2,1-2H3;2*1H. The fourth-order valence-corrected chi connectivity index (χ4v) is 2.70. The number of nitrogens with zero attached hydrogens (tertiary/aromatic N) is 2. The van der Waals surface area contributed by atoms with Crippen LogP contribution >= 0.6 is 47.8 Å². The van der Waals surface area contributed by atoms with Gasteiger partial charge in [0, 0.05) is 30.5 Å². The second-order valence-corrected chi connectivity index (χ2v) is 6.45. The molecule has 1 aromatic carbocycles. The molecule has 1 N–H and O–H groups in total. The first-order chi connectivity index (χ1) is 11.1. The Hall–Kier alpha value is -1.05. The van der Waals surface area contributed by atoms with Gasteiger partial charge in [-0.1, -0.05) is 11.6 Å². The highest BCUT2D eigenvalue weighted by Gasteiger charge is 2.12. The lowest BCUT2D eigenvalue weighted by Crippen LogP contribution is -2.33. The van der Waals surface area contributed by atoms with Crippen LogP contribution in [0, 0.1) is 0 Å². The topological polar surface area (TPSA) is 54.5 Å². The molecule has 5 nitrogen and oxygen atoms in total. The maximum atomic E-state index is 12.1. The number of rotatable bonds is 8. The van der Waals surface area contributed by atoms with E-state index >= 15 is 0 Å². The van der Waals surface area contributed by atoms with Crippen LogP contribution in [0.25, 0.3) is 0 Å². The van der Waals surface area contributed by atoms with Crippen molar-refractivity contribution in [1.29, 1.82) is 0 Å². The van der Waals surface area contributed by atoms with Gasteiger partial charge >= 0.3 is 0 Å². The Morgan fingerprint density at radius 1 is 1.32 bits per heavy atom. The second kappa shape index (κ2) is 12.3. The molecule has 2 rings (SSSR count). The highest BCUT2D eigenvalue weighted by molar-refractivity contribution is 7.09. The molecule has 0 spiro atoms. The van der Waals surface area contributed by atoms with Gasteiger partial charge in [0.1, 0.15) is 17.4 Å². The van der Waals surface area contributed by atoms with E-state index in [1.54, 1.807) is 24.1 Å². The minimum Gasteiger partial charge on any atom is -0.486 e. The highest BCUT2D eigenvalue weighted by atomic mass is 35.5. The Labute approximate surface area is 169 Å². The maximum absolute atomic E-state index is 12.1. The van der Waals surface area contributed by atoms with Gasteiger partial charge in [-0.3, -0.25) is 4.79 Å². The third kappa shape index (κ3) is 8.25. The lowest BCUT2D eigenvalue weighted by molar-refractivity contribution is -0.129. The number of amides is 1. The molecule has 0 saturated carbocycles. The number of carbonyl (C=O) groups is 1. The van der Waals surface area contributed by atoms with Crippen LogP contribution in [0.4, 0.5) is 0 Å². The molecule has 0 fully saturated rings. The zero-order valence-electron chi connectivity index (χ0n) is 14.0. The summed E-state index contributed by atoms with van der Waals surface area (Å²) >= 11 is 7.33. The first-order valence-electron chi connectivity index (χ1n) is 7.28. The lowest BCUT2D eigenvalue weighted by Gasteiger charge is -2.16. The monoisotopic (exact) mass is 425 g/mol. The average molecular weight is 427 g/mol. The second-order valence-electron chi connectivity index (χ2n) is 5.07. The van der Waals surface area contributed by atoms with Gasteiger partial charge < -0.3 is 15.0 Å². The average Bonchev–Trinajstić information content (AvgIpc) is 2.99. The lowest BCUT2D eigenvalue weighted by atomic mass is 10.3. The van der Waals surface area contributed by atoms with Crippen molar-refractivity contribution < 1.29 is 9.53 Å². The summed E-state index contributed by atoms with van der Waals surface area (Å²) in [6, 6.07) is 7.20. The van der Waals surface area contributed by atoms with Crippen molar-refractivity contribution in [2.45, 2.75) is 13.0 Å².